The maximum atomic E-state index is 12.8. The lowest BCUT2D eigenvalue weighted by Crippen LogP contribution is -2.28. The molecule has 0 spiro atoms. The SMILES string of the molecule is Fc1ccc(-c2cnc(CC3CCNCC3)[nH]2)nc1. The van der Waals surface area contributed by atoms with E-state index in [1.807, 2.05) is 0 Å². The lowest BCUT2D eigenvalue weighted by molar-refractivity contribution is 0.368. The normalized spacial score (nSPS) is 16.7. The molecule has 0 radical (unpaired) electrons. The number of nitrogens with zero attached hydrogens (tertiary/aromatic N) is 2. The summed E-state index contributed by atoms with van der Waals surface area (Å²) in [6.07, 6.45) is 6.37. The topological polar surface area (TPSA) is 53.6 Å². The van der Waals surface area contributed by atoms with Crippen molar-refractivity contribution in [1.82, 2.24) is 20.3 Å². The number of piperidine rings is 1. The van der Waals surface area contributed by atoms with Gasteiger partial charge in [-0.3, -0.25) is 4.98 Å². The molecule has 3 rings (SSSR count). The Morgan fingerprint density at radius 1 is 1.16 bits per heavy atom. The second-order valence-corrected chi connectivity index (χ2v) is 5.00. The summed E-state index contributed by atoms with van der Waals surface area (Å²) in [5, 5.41) is 3.36. The highest BCUT2D eigenvalue weighted by atomic mass is 19.1. The van der Waals surface area contributed by atoms with Gasteiger partial charge < -0.3 is 10.3 Å². The standard InChI is InChI=1S/C14H17FN4/c15-11-1-2-12(17-8-11)13-9-18-14(19-13)7-10-3-5-16-6-4-10/h1-2,8-10,16H,3-7H2,(H,18,19). The lowest BCUT2D eigenvalue weighted by atomic mass is 9.94. The predicted octanol–water partition coefficient (Wildman–Crippen LogP) is 2.15. The summed E-state index contributed by atoms with van der Waals surface area (Å²) in [6, 6.07) is 3.08. The van der Waals surface area contributed by atoms with Gasteiger partial charge in [-0.15, -0.1) is 0 Å². The first-order chi connectivity index (χ1) is 9.31. The molecule has 5 heteroatoms. The van der Waals surface area contributed by atoms with Crippen LogP contribution >= 0.6 is 0 Å². The number of nitrogens with one attached hydrogen (secondary N) is 2. The summed E-state index contributed by atoms with van der Waals surface area (Å²) < 4.78 is 12.8. The molecule has 2 aromatic rings. The molecule has 4 nitrogen and oxygen atoms in total. The van der Waals surface area contributed by atoms with Gasteiger partial charge in [-0.25, -0.2) is 9.37 Å². The van der Waals surface area contributed by atoms with Crippen molar-refractivity contribution in [2.75, 3.05) is 13.1 Å². The third-order valence-electron chi connectivity index (χ3n) is 3.57. The van der Waals surface area contributed by atoms with E-state index in [1.54, 1.807) is 12.3 Å². The number of pyridine rings is 1. The molecule has 0 bridgehead atoms. The van der Waals surface area contributed by atoms with Gasteiger partial charge in [0.25, 0.3) is 0 Å². The molecule has 2 N–H and O–H groups in total. The minimum absolute atomic E-state index is 0.321. The average molecular weight is 260 g/mol. The Morgan fingerprint density at radius 3 is 2.74 bits per heavy atom. The molecule has 19 heavy (non-hydrogen) atoms. The number of hydrogen-bond donors (Lipinski definition) is 2. The van der Waals surface area contributed by atoms with Crippen molar-refractivity contribution in [1.29, 1.82) is 0 Å². The zero-order valence-corrected chi connectivity index (χ0v) is 10.7. The summed E-state index contributed by atoms with van der Waals surface area (Å²) in [5.41, 5.74) is 1.58. The van der Waals surface area contributed by atoms with Crippen LogP contribution in [0.2, 0.25) is 0 Å². The highest BCUT2D eigenvalue weighted by Crippen LogP contribution is 2.19. The molecule has 0 aromatic carbocycles. The van der Waals surface area contributed by atoms with E-state index < -0.39 is 0 Å². The highest BCUT2D eigenvalue weighted by molar-refractivity contribution is 5.52. The molecule has 2 aromatic heterocycles. The zero-order chi connectivity index (χ0) is 13.1. The van der Waals surface area contributed by atoms with Gasteiger partial charge in [-0.2, -0.15) is 0 Å². The van der Waals surface area contributed by atoms with Crippen molar-refractivity contribution in [3.8, 4) is 11.4 Å². The van der Waals surface area contributed by atoms with Gasteiger partial charge >= 0.3 is 0 Å². The van der Waals surface area contributed by atoms with Crippen LogP contribution in [0.3, 0.4) is 0 Å². The summed E-state index contributed by atoms with van der Waals surface area (Å²) in [5.74, 6) is 1.37. The van der Waals surface area contributed by atoms with Gasteiger partial charge in [0.05, 0.1) is 23.8 Å². The smallest absolute Gasteiger partial charge is 0.141 e. The maximum absolute atomic E-state index is 12.8. The van der Waals surface area contributed by atoms with Crippen LogP contribution < -0.4 is 5.32 Å². The summed E-state index contributed by atoms with van der Waals surface area (Å²) in [6.45, 7) is 2.19. The minimum Gasteiger partial charge on any atom is -0.341 e. The molecule has 0 atom stereocenters. The fourth-order valence-corrected chi connectivity index (χ4v) is 2.49. The first-order valence-electron chi connectivity index (χ1n) is 6.68. The minimum atomic E-state index is -0.321. The maximum Gasteiger partial charge on any atom is 0.141 e. The molecule has 0 aliphatic carbocycles. The van der Waals surface area contributed by atoms with Crippen LogP contribution in [0, 0.1) is 11.7 Å². The Morgan fingerprint density at radius 2 is 2.00 bits per heavy atom. The van der Waals surface area contributed by atoms with Crippen LogP contribution in [0.25, 0.3) is 11.4 Å². The van der Waals surface area contributed by atoms with Crippen molar-refractivity contribution in [2.45, 2.75) is 19.3 Å². The predicted molar refractivity (Wildman–Crippen MR) is 71.1 cm³/mol. The summed E-state index contributed by atoms with van der Waals surface area (Å²) in [7, 11) is 0. The largest absolute Gasteiger partial charge is 0.341 e. The first kappa shape index (κ1) is 12.3. The first-order valence-corrected chi connectivity index (χ1v) is 6.68. The van der Waals surface area contributed by atoms with Crippen LogP contribution in [0.5, 0.6) is 0 Å². The van der Waals surface area contributed by atoms with Crippen LogP contribution in [0.1, 0.15) is 18.7 Å². The Hall–Kier alpha value is -1.75. The van der Waals surface area contributed by atoms with E-state index in [4.69, 9.17) is 0 Å². The molecule has 1 aliphatic heterocycles. The van der Waals surface area contributed by atoms with E-state index in [0.717, 1.165) is 36.7 Å². The van der Waals surface area contributed by atoms with Gasteiger partial charge in [0.2, 0.25) is 0 Å². The van der Waals surface area contributed by atoms with Gasteiger partial charge in [0.1, 0.15) is 11.6 Å². The molecule has 1 fully saturated rings. The van der Waals surface area contributed by atoms with Crippen molar-refractivity contribution >= 4 is 0 Å². The molecule has 1 aliphatic rings. The number of hydrogen-bond acceptors (Lipinski definition) is 3. The summed E-state index contributed by atoms with van der Waals surface area (Å²) in [4.78, 5) is 11.7. The number of halogens is 1. The Bertz CT molecular complexity index is 529. The Kier molecular flexibility index (Phi) is 3.55. The van der Waals surface area contributed by atoms with Gasteiger partial charge in [0.15, 0.2) is 0 Å². The molecular formula is C14H17FN4. The van der Waals surface area contributed by atoms with Crippen molar-refractivity contribution < 1.29 is 4.39 Å². The van der Waals surface area contributed by atoms with Gasteiger partial charge in [-0.1, -0.05) is 0 Å². The van der Waals surface area contributed by atoms with E-state index in [0.29, 0.717) is 5.92 Å². The third kappa shape index (κ3) is 2.98. The average Bonchev–Trinajstić information content (AvgIpc) is 2.89. The molecular weight excluding hydrogens is 243 g/mol. The van der Waals surface area contributed by atoms with E-state index in [9.17, 15) is 4.39 Å². The zero-order valence-electron chi connectivity index (χ0n) is 10.7. The fraction of sp³-hybridized carbons (Fsp3) is 0.429. The summed E-state index contributed by atoms with van der Waals surface area (Å²) >= 11 is 0. The van der Waals surface area contributed by atoms with Gasteiger partial charge in [0, 0.05) is 6.42 Å². The lowest BCUT2D eigenvalue weighted by Gasteiger charge is -2.21. The number of aromatic amines is 1. The Balaban J connectivity index is 1.70. The Labute approximate surface area is 111 Å². The number of imidazole rings is 1. The third-order valence-corrected chi connectivity index (χ3v) is 3.57. The molecule has 1 saturated heterocycles. The monoisotopic (exact) mass is 260 g/mol. The molecule has 3 heterocycles. The quantitative estimate of drug-likeness (QED) is 0.889. The van der Waals surface area contributed by atoms with Crippen LogP contribution in [-0.4, -0.2) is 28.0 Å². The fourth-order valence-electron chi connectivity index (χ4n) is 2.49. The van der Waals surface area contributed by atoms with Crippen molar-refractivity contribution in [2.24, 2.45) is 5.92 Å². The van der Waals surface area contributed by atoms with E-state index in [1.165, 1.54) is 25.1 Å². The van der Waals surface area contributed by atoms with Crippen LogP contribution in [0.4, 0.5) is 4.39 Å². The van der Waals surface area contributed by atoms with E-state index >= 15 is 0 Å². The molecule has 0 saturated carbocycles. The van der Waals surface area contributed by atoms with E-state index in [-0.39, 0.29) is 5.82 Å². The highest BCUT2D eigenvalue weighted by Gasteiger charge is 2.15. The number of aromatic nitrogens is 3. The molecule has 0 unspecified atom stereocenters. The number of H-pyrrole nitrogens is 1. The molecule has 100 valence electrons. The van der Waals surface area contributed by atoms with Crippen LogP contribution in [-0.2, 0) is 6.42 Å². The van der Waals surface area contributed by atoms with Crippen molar-refractivity contribution in [3.05, 3.63) is 36.2 Å². The second kappa shape index (κ2) is 5.48. The van der Waals surface area contributed by atoms with Crippen molar-refractivity contribution in [3.63, 3.8) is 0 Å². The van der Waals surface area contributed by atoms with Gasteiger partial charge in [-0.05, 0) is 44.0 Å². The van der Waals surface area contributed by atoms with E-state index in [2.05, 4.69) is 20.3 Å². The molecule has 0 amide bonds. The van der Waals surface area contributed by atoms with Crippen LogP contribution in [0.15, 0.2) is 24.5 Å². The number of rotatable bonds is 3. The second-order valence-electron chi connectivity index (χ2n) is 5.00.